The molecule has 0 bridgehead atoms. The van der Waals surface area contributed by atoms with Crippen LogP contribution in [0.1, 0.15) is 10.4 Å². The Labute approximate surface area is 187 Å². The van der Waals surface area contributed by atoms with Gasteiger partial charge < -0.3 is 0 Å². The lowest BCUT2D eigenvalue weighted by molar-refractivity contribution is -0.384. The minimum Gasteiger partial charge on any atom is -0.289 e. The number of nitrogens with zero attached hydrogens (tertiary/aromatic N) is 5. The van der Waals surface area contributed by atoms with Crippen LogP contribution in [0.4, 0.5) is 11.6 Å². The first-order valence-electron chi connectivity index (χ1n) is 10.0. The van der Waals surface area contributed by atoms with Crippen LogP contribution in [0.3, 0.4) is 0 Å². The number of nitrogens with one attached hydrogen (secondary N) is 1. The van der Waals surface area contributed by atoms with Crippen molar-refractivity contribution in [2.24, 2.45) is 0 Å². The van der Waals surface area contributed by atoms with Crippen molar-refractivity contribution in [2.45, 2.75) is 0 Å². The molecule has 0 unspecified atom stereocenters. The molecular weight excluding hydrogens is 420 g/mol. The summed E-state index contributed by atoms with van der Waals surface area (Å²) in [6.45, 7) is 0. The number of aromatic nitrogens is 4. The molecule has 2 aromatic heterocycles. The first-order chi connectivity index (χ1) is 16.1. The number of hydrogen-bond donors (Lipinski definition) is 1. The predicted octanol–water partition coefficient (Wildman–Crippen LogP) is 4.62. The summed E-state index contributed by atoms with van der Waals surface area (Å²) in [6.07, 6.45) is 0. The Morgan fingerprint density at radius 1 is 0.848 bits per heavy atom. The number of fused-ring (bicyclic) bond motifs is 1. The summed E-state index contributed by atoms with van der Waals surface area (Å²) >= 11 is 0. The second kappa shape index (κ2) is 8.31. The molecule has 0 atom stereocenters. The van der Waals surface area contributed by atoms with E-state index < -0.39 is 10.8 Å². The number of amides is 1. The topological polar surface area (TPSA) is 115 Å². The molecule has 5 rings (SSSR count). The summed E-state index contributed by atoms with van der Waals surface area (Å²) in [7, 11) is 0. The molecule has 5 aromatic rings. The number of nitro benzene ring substituents is 1. The summed E-state index contributed by atoms with van der Waals surface area (Å²) in [5.41, 5.74) is 3.49. The van der Waals surface area contributed by atoms with Crippen LogP contribution in [-0.2, 0) is 0 Å². The maximum atomic E-state index is 12.6. The predicted molar refractivity (Wildman–Crippen MR) is 123 cm³/mol. The van der Waals surface area contributed by atoms with Gasteiger partial charge in [-0.15, -0.1) is 5.10 Å². The van der Waals surface area contributed by atoms with E-state index in [1.165, 1.54) is 24.3 Å². The average Bonchev–Trinajstić information content (AvgIpc) is 3.26. The van der Waals surface area contributed by atoms with Crippen molar-refractivity contribution >= 4 is 23.3 Å². The molecule has 0 saturated heterocycles. The van der Waals surface area contributed by atoms with Crippen LogP contribution >= 0.6 is 0 Å². The molecule has 33 heavy (non-hydrogen) atoms. The summed E-state index contributed by atoms with van der Waals surface area (Å²) < 4.78 is 1.58. The van der Waals surface area contributed by atoms with E-state index in [-0.39, 0.29) is 17.2 Å². The van der Waals surface area contributed by atoms with Crippen LogP contribution in [0.25, 0.3) is 28.3 Å². The molecule has 160 valence electrons. The van der Waals surface area contributed by atoms with E-state index in [4.69, 9.17) is 0 Å². The fourth-order valence-electron chi connectivity index (χ4n) is 3.40. The van der Waals surface area contributed by atoms with Gasteiger partial charge in [-0.1, -0.05) is 60.7 Å². The Kier molecular flexibility index (Phi) is 5.04. The van der Waals surface area contributed by atoms with Crippen LogP contribution in [0.15, 0.2) is 91.0 Å². The molecule has 9 nitrogen and oxygen atoms in total. The van der Waals surface area contributed by atoms with Gasteiger partial charge in [0, 0.05) is 28.8 Å². The molecular formula is C24H16N6O3. The van der Waals surface area contributed by atoms with E-state index in [1.54, 1.807) is 4.52 Å². The molecule has 9 heteroatoms. The van der Waals surface area contributed by atoms with Crippen molar-refractivity contribution in [3.05, 3.63) is 107 Å². The Balaban J connectivity index is 1.55. The van der Waals surface area contributed by atoms with Crippen molar-refractivity contribution in [3.63, 3.8) is 0 Å². The van der Waals surface area contributed by atoms with Crippen molar-refractivity contribution < 1.29 is 9.72 Å². The third-order valence-electron chi connectivity index (χ3n) is 5.02. The van der Waals surface area contributed by atoms with E-state index in [0.717, 1.165) is 22.5 Å². The van der Waals surface area contributed by atoms with E-state index in [9.17, 15) is 14.9 Å². The average molecular weight is 436 g/mol. The lowest BCUT2D eigenvalue weighted by atomic mass is 10.1. The van der Waals surface area contributed by atoms with E-state index in [2.05, 4.69) is 20.4 Å². The smallest absolute Gasteiger partial charge is 0.269 e. The third kappa shape index (κ3) is 4.02. The Morgan fingerprint density at radius 3 is 2.12 bits per heavy atom. The molecule has 0 aliphatic rings. The monoisotopic (exact) mass is 436 g/mol. The molecule has 0 aliphatic carbocycles. The molecule has 2 heterocycles. The number of rotatable bonds is 5. The van der Waals surface area contributed by atoms with Gasteiger partial charge in [0.2, 0.25) is 0 Å². The van der Waals surface area contributed by atoms with Gasteiger partial charge in [0.15, 0.2) is 0 Å². The van der Waals surface area contributed by atoms with Gasteiger partial charge in [-0.3, -0.25) is 20.2 Å². The van der Waals surface area contributed by atoms with Crippen molar-refractivity contribution in [1.82, 2.24) is 19.6 Å². The molecule has 1 amide bonds. The number of non-ortho nitro benzene ring substituents is 1. The number of benzene rings is 3. The highest BCUT2D eigenvalue weighted by Crippen LogP contribution is 2.26. The SMILES string of the molecule is O=C(Nc1nc2nc(-c3ccccc3)cc(-c3ccccc3)n2n1)c1ccc([N+](=O)[O-])cc1. The van der Waals surface area contributed by atoms with Gasteiger partial charge in [-0.25, -0.2) is 4.98 Å². The minimum atomic E-state index is -0.521. The Bertz CT molecular complexity index is 1470. The molecule has 0 spiro atoms. The summed E-state index contributed by atoms with van der Waals surface area (Å²) in [4.78, 5) is 32.0. The van der Waals surface area contributed by atoms with Gasteiger partial charge >= 0.3 is 0 Å². The van der Waals surface area contributed by atoms with Gasteiger partial charge in [0.25, 0.3) is 23.3 Å². The minimum absolute atomic E-state index is 0.0771. The van der Waals surface area contributed by atoms with Crippen LogP contribution in [0.2, 0.25) is 0 Å². The zero-order chi connectivity index (χ0) is 22.8. The number of hydrogen-bond acceptors (Lipinski definition) is 6. The summed E-state index contributed by atoms with van der Waals surface area (Å²) in [5, 5.41) is 17.9. The highest BCUT2D eigenvalue weighted by atomic mass is 16.6. The Hall–Kier alpha value is -4.92. The van der Waals surface area contributed by atoms with E-state index >= 15 is 0 Å². The third-order valence-corrected chi connectivity index (χ3v) is 5.02. The second-order valence-corrected chi connectivity index (χ2v) is 7.16. The molecule has 0 fully saturated rings. The molecule has 3 aromatic carbocycles. The van der Waals surface area contributed by atoms with Gasteiger partial charge in [0.05, 0.1) is 16.3 Å². The van der Waals surface area contributed by atoms with Gasteiger partial charge in [-0.05, 0) is 18.2 Å². The van der Waals surface area contributed by atoms with Crippen LogP contribution in [-0.4, -0.2) is 30.4 Å². The van der Waals surface area contributed by atoms with Gasteiger partial charge in [-0.2, -0.15) is 9.50 Å². The van der Waals surface area contributed by atoms with Crippen LogP contribution < -0.4 is 5.32 Å². The lowest BCUT2D eigenvalue weighted by Gasteiger charge is -2.07. The highest BCUT2D eigenvalue weighted by Gasteiger charge is 2.16. The second-order valence-electron chi connectivity index (χ2n) is 7.16. The first kappa shape index (κ1) is 20.0. The number of carbonyl (C=O) groups is 1. The normalized spacial score (nSPS) is 10.8. The van der Waals surface area contributed by atoms with Crippen molar-refractivity contribution in [3.8, 4) is 22.5 Å². The van der Waals surface area contributed by atoms with Crippen LogP contribution in [0.5, 0.6) is 0 Å². The van der Waals surface area contributed by atoms with E-state index in [1.807, 2.05) is 66.7 Å². The fraction of sp³-hybridized carbons (Fsp3) is 0. The van der Waals surface area contributed by atoms with Crippen LogP contribution in [0, 0.1) is 10.1 Å². The first-order valence-corrected chi connectivity index (χ1v) is 10.0. The van der Waals surface area contributed by atoms with Gasteiger partial charge in [0.1, 0.15) is 0 Å². The number of anilines is 1. The largest absolute Gasteiger partial charge is 0.289 e. The number of nitro groups is 1. The highest BCUT2D eigenvalue weighted by molar-refractivity contribution is 6.03. The van der Waals surface area contributed by atoms with Crippen molar-refractivity contribution in [2.75, 3.05) is 5.32 Å². The quantitative estimate of drug-likeness (QED) is 0.318. The van der Waals surface area contributed by atoms with E-state index in [0.29, 0.717) is 5.78 Å². The zero-order valence-electron chi connectivity index (χ0n) is 17.1. The molecule has 0 radical (unpaired) electrons. The maximum Gasteiger partial charge on any atom is 0.269 e. The Morgan fingerprint density at radius 2 is 1.48 bits per heavy atom. The molecule has 0 aliphatic heterocycles. The standard InChI is InChI=1S/C24H16N6O3/c31-22(18-11-13-19(14-12-18)30(32)33)26-23-27-24-25-20(16-7-3-1-4-8-16)15-21(29(24)28-23)17-9-5-2-6-10-17/h1-15H,(H,26,28,31). The maximum absolute atomic E-state index is 12.6. The van der Waals surface area contributed by atoms with Crippen molar-refractivity contribution in [1.29, 1.82) is 0 Å². The summed E-state index contributed by atoms with van der Waals surface area (Å²) in [6, 6.07) is 26.6. The zero-order valence-corrected chi connectivity index (χ0v) is 17.1. The number of carbonyl (C=O) groups excluding carboxylic acids is 1. The fourth-order valence-corrected chi connectivity index (χ4v) is 3.40. The molecule has 0 saturated carbocycles. The summed E-state index contributed by atoms with van der Waals surface area (Å²) in [5.74, 6) is -0.0761. The lowest BCUT2D eigenvalue weighted by Crippen LogP contribution is -2.13. The molecule has 1 N–H and O–H groups in total.